The summed E-state index contributed by atoms with van der Waals surface area (Å²) in [5, 5.41) is 26.2. The number of thioether (sulfide) groups is 1. The van der Waals surface area contributed by atoms with Gasteiger partial charge in [-0.3, -0.25) is 0 Å². The van der Waals surface area contributed by atoms with Gasteiger partial charge in [-0.15, -0.1) is 15.3 Å². The number of rotatable bonds is 5. The number of nitrogens with one attached hydrogen (secondary N) is 1. The zero-order valence-electron chi connectivity index (χ0n) is 9.84. The number of aryl methyl sites for hydroxylation is 1. The van der Waals surface area contributed by atoms with Gasteiger partial charge in [0.25, 0.3) is 0 Å². The maximum Gasteiger partial charge on any atom is 0.214 e. The van der Waals surface area contributed by atoms with Gasteiger partial charge in [-0.05, 0) is 22.6 Å². The van der Waals surface area contributed by atoms with Gasteiger partial charge in [0.1, 0.15) is 0 Å². The molecule has 96 valence electrons. The van der Waals surface area contributed by atoms with Gasteiger partial charge < -0.3 is 0 Å². The predicted molar refractivity (Wildman–Crippen MR) is 67.8 cm³/mol. The van der Waals surface area contributed by atoms with Crippen LogP contribution in [0.3, 0.4) is 0 Å². The van der Waals surface area contributed by atoms with Crippen molar-refractivity contribution in [2.45, 2.75) is 11.6 Å². The second-order valence-corrected chi connectivity index (χ2v) is 4.70. The number of hydrogen-bond donors (Lipinski definition) is 1. The SMILES string of the molecule is c1ccc(-n2nnnc2SCCc2nn[nH]n2)cc1. The fourth-order valence-corrected chi connectivity index (χ4v) is 2.35. The number of hydrogen-bond acceptors (Lipinski definition) is 7. The summed E-state index contributed by atoms with van der Waals surface area (Å²) >= 11 is 1.55. The van der Waals surface area contributed by atoms with Crippen molar-refractivity contribution >= 4 is 11.8 Å². The predicted octanol–water partition coefficient (Wildman–Crippen LogP) is 0.510. The van der Waals surface area contributed by atoms with Gasteiger partial charge in [0.2, 0.25) is 5.16 Å². The third-order valence-corrected chi connectivity index (χ3v) is 3.31. The molecule has 0 aliphatic heterocycles. The van der Waals surface area contributed by atoms with Gasteiger partial charge in [0.15, 0.2) is 5.82 Å². The summed E-state index contributed by atoms with van der Waals surface area (Å²) in [6.45, 7) is 0. The Balaban J connectivity index is 1.67. The molecule has 0 atom stereocenters. The van der Waals surface area contributed by atoms with Gasteiger partial charge >= 0.3 is 0 Å². The molecule has 0 spiro atoms. The van der Waals surface area contributed by atoms with Gasteiger partial charge in [-0.25, -0.2) is 0 Å². The van der Waals surface area contributed by atoms with E-state index in [9.17, 15) is 0 Å². The second-order valence-electron chi connectivity index (χ2n) is 3.64. The highest BCUT2D eigenvalue weighted by molar-refractivity contribution is 7.99. The lowest BCUT2D eigenvalue weighted by molar-refractivity contribution is 0.756. The smallest absolute Gasteiger partial charge is 0.188 e. The quantitative estimate of drug-likeness (QED) is 0.677. The second kappa shape index (κ2) is 5.57. The summed E-state index contributed by atoms with van der Waals surface area (Å²) in [5.41, 5.74) is 0.939. The molecule has 0 amide bonds. The molecule has 0 fully saturated rings. The number of nitrogens with zero attached hydrogens (tertiary/aromatic N) is 7. The van der Waals surface area contributed by atoms with Crippen molar-refractivity contribution in [3.8, 4) is 5.69 Å². The minimum Gasteiger partial charge on any atom is -0.188 e. The fraction of sp³-hybridized carbons (Fsp3) is 0.200. The van der Waals surface area contributed by atoms with Crippen LogP contribution < -0.4 is 0 Å². The lowest BCUT2D eigenvalue weighted by Crippen LogP contribution is -2.00. The molecule has 1 aromatic carbocycles. The average Bonchev–Trinajstić information content (AvgIpc) is 3.11. The molecule has 19 heavy (non-hydrogen) atoms. The highest BCUT2D eigenvalue weighted by Gasteiger charge is 2.09. The molecule has 3 rings (SSSR count). The van der Waals surface area contributed by atoms with Crippen LogP contribution >= 0.6 is 11.8 Å². The molecule has 0 aliphatic rings. The van der Waals surface area contributed by atoms with Crippen molar-refractivity contribution in [2.24, 2.45) is 0 Å². The van der Waals surface area contributed by atoms with Crippen LogP contribution in [0.15, 0.2) is 35.5 Å². The Bertz CT molecular complexity index is 620. The van der Waals surface area contributed by atoms with Crippen LogP contribution in [0.5, 0.6) is 0 Å². The maximum atomic E-state index is 4.01. The van der Waals surface area contributed by atoms with E-state index in [-0.39, 0.29) is 0 Å². The van der Waals surface area contributed by atoms with E-state index in [1.165, 1.54) is 0 Å². The Labute approximate surface area is 112 Å². The van der Waals surface area contributed by atoms with Crippen LogP contribution in [-0.4, -0.2) is 46.6 Å². The molecular formula is C10H10N8S. The molecule has 3 aromatic rings. The van der Waals surface area contributed by atoms with Crippen molar-refractivity contribution in [3.05, 3.63) is 36.2 Å². The van der Waals surface area contributed by atoms with Crippen LogP contribution in [0, 0.1) is 0 Å². The van der Waals surface area contributed by atoms with E-state index in [1.54, 1.807) is 16.4 Å². The van der Waals surface area contributed by atoms with Crippen LogP contribution in [0.25, 0.3) is 5.69 Å². The highest BCUT2D eigenvalue weighted by atomic mass is 32.2. The van der Waals surface area contributed by atoms with Crippen molar-refractivity contribution in [1.82, 2.24) is 40.8 Å². The number of benzene rings is 1. The minimum absolute atomic E-state index is 0.686. The summed E-state index contributed by atoms with van der Waals surface area (Å²) in [5.74, 6) is 1.47. The first-order valence-corrected chi connectivity index (χ1v) is 6.61. The first-order valence-electron chi connectivity index (χ1n) is 5.62. The van der Waals surface area contributed by atoms with Crippen molar-refractivity contribution in [2.75, 3.05) is 5.75 Å². The van der Waals surface area contributed by atoms with Gasteiger partial charge in [0, 0.05) is 12.2 Å². The topological polar surface area (TPSA) is 98.1 Å². The lowest BCUT2D eigenvalue weighted by Gasteiger charge is -2.02. The van der Waals surface area contributed by atoms with Crippen molar-refractivity contribution < 1.29 is 0 Å². The van der Waals surface area contributed by atoms with E-state index in [1.807, 2.05) is 30.3 Å². The van der Waals surface area contributed by atoms with Crippen molar-refractivity contribution in [3.63, 3.8) is 0 Å². The van der Waals surface area contributed by atoms with E-state index in [0.717, 1.165) is 16.6 Å². The summed E-state index contributed by atoms with van der Waals surface area (Å²) in [6, 6.07) is 9.77. The monoisotopic (exact) mass is 274 g/mol. The van der Waals surface area contributed by atoms with E-state index in [2.05, 4.69) is 36.1 Å². The molecular weight excluding hydrogens is 264 g/mol. The van der Waals surface area contributed by atoms with Gasteiger partial charge in [0.05, 0.1) is 5.69 Å². The normalized spacial score (nSPS) is 10.7. The average molecular weight is 274 g/mol. The molecule has 0 bridgehead atoms. The van der Waals surface area contributed by atoms with E-state index in [4.69, 9.17) is 0 Å². The Morgan fingerprint density at radius 2 is 2.05 bits per heavy atom. The van der Waals surface area contributed by atoms with Crippen LogP contribution in [0.2, 0.25) is 0 Å². The zero-order valence-corrected chi connectivity index (χ0v) is 10.7. The zero-order chi connectivity index (χ0) is 12.9. The number of para-hydroxylation sites is 1. The van der Waals surface area contributed by atoms with Crippen molar-refractivity contribution in [1.29, 1.82) is 0 Å². The Kier molecular flexibility index (Phi) is 3.45. The van der Waals surface area contributed by atoms with Crippen LogP contribution in [0.4, 0.5) is 0 Å². The molecule has 2 aromatic heterocycles. The maximum absolute atomic E-state index is 4.01. The summed E-state index contributed by atoms with van der Waals surface area (Å²) < 4.78 is 1.71. The minimum atomic E-state index is 0.686. The Morgan fingerprint density at radius 1 is 1.16 bits per heavy atom. The summed E-state index contributed by atoms with van der Waals surface area (Å²) in [6.07, 6.45) is 0.711. The Hall–Kier alpha value is -2.29. The highest BCUT2D eigenvalue weighted by Crippen LogP contribution is 2.18. The largest absolute Gasteiger partial charge is 0.214 e. The van der Waals surface area contributed by atoms with Gasteiger partial charge in [-0.2, -0.15) is 9.90 Å². The molecule has 1 N–H and O–H groups in total. The summed E-state index contributed by atoms with van der Waals surface area (Å²) in [4.78, 5) is 0. The van der Waals surface area contributed by atoms with Crippen LogP contribution in [-0.2, 0) is 6.42 Å². The standard InChI is InChI=1S/C10H10N8S/c1-2-4-8(5-3-1)18-10(13-16-17-18)19-7-6-9-11-14-15-12-9/h1-5H,6-7H2,(H,11,12,14,15). The van der Waals surface area contributed by atoms with Crippen LogP contribution in [0.1, 0.15) is 5.82 Å². The summed E-state index contributed by atoms with van der Waals surface area (Å²) in [7, 11) is 0. The fourth-order valence-electron chi connectivity index (χ4n) is 1.52. The number of tetrazole rings is 2. The van der Waals surface area contributed by atoms with E-state index < -0.39 is 0 Å². The molecule has 0 radical (unpaired) electrons. The van der Waals surface area contributed by atoms with Gasteiger partial charge in [-0.1, -0.05) is 35.2 Å². The first-order chi connectivity index (χ1) is 9.43. The first kappa shape index (κ1) is 11.8. The molecule has 0 saturated carbocycles. The molecule has 0 unspecified atom stereocenters. The number of aromatic nitrogens is 8. The molecule has 0 aliphatic carbocycles. The molecule has 0 saturated heterocycles. The van der Waals surface area contributed by atoms with E-state index in [0.29, 0.717) is 12.2 Å². The van der Waals surface area contributed by atoms with E-state index >= 15 is 0 Å². The number of aromatic amines is 1. The third-order valence-electron chi connectivity index (χ3n) is 2.39. The third kappa shape index (κ3) is 2.76. The number of H-pyrrole nitrogens is 1. The lowest BCUT2D eigenvalue weighted by atomic mass is 10.3. The molecule has 2 heterocycles. The Morgan fingerprint density at radius 3 is 2.84 bits per heavy atom. The molecule has 9 heteroatoms. The molecule has 8 nitrogen and oxygen atoms in total.